The van der Waals surface area contributed by atoms with Gasteiger partial charge in [-0.3, -0.25) is 0 Å². The summed E-state index contributed by atoms with van der Waals surface area (Å²) < 4.78 is 1.65. The summed E-state index contributed by atoms with van der Waals surface area (Å²) in [7, 11) is 0. The van der Waals surface area contributed by atoms with Crippen molar-refractivity contribution >= 4 is 11.6 Å². The SMILES string of the molecule is Cc1nc(C)n(-c2ccc(CCl)nn2)n1. The Labute approximate surface area is 92.1 Å². The molecule has 2 rings (SSSR count). The Morgan fingerprint density at radius 1 is 1.27 bits per heavy atom. The highest BCUT2D eigenvalue weighted by atomic mass is 35.5. The average Bonchev–Trinajstić information content (AvgIpc) is 2.58. The number of aromatic nitrogens is 5. The van der Waals surface area contributed by atoms with Crippen LogP contribution in [0.1, 0.15) is 17.3 Å². The van der Waals surface area contributed by atoms with E-state index in [0.717, 1.165) is 17.3 Å². The Kier molecular flexibility index (Phi) is 2.64. The molecule has 0 aliphatic carbocycles. The predicted molar refractivity (Wildman–Crippen MR) is 56.0 cm³/mol. The largest absolute Gasteiger partial charge is 0.217 e. The quantitative estimate of drug-likeness (QED) is 0.723. The van der Waals surface area contributed by atoms with E-state index in [1.54, 1.807) is 4.68 Å². The molecule has 2 aromatic rings. The van der Waals surface area contributed by atoms with Crippen molar-refractivity contribution in [2.45, 2.75) is 19.7 Å². The highest BCUT2D eigenvalue weighted by Crippen LogP contribution is 2.06. The maximum absolute atomic E-state index is 5.62. The zero-order valence-corrected chi connectivity index (χ0v) is 9.23. The van der Waals surface area contributed by atoms with Crippen LogP contribution in [0.3, 0.4) is 0 Å². The van der Waals surface area contributed by atoms with Crippen LogP contribution in [0.5, 0.6) is 0 Å². The standard InChI is InChI=1S/C9H10ClN5/c1-6-11-7(2)15(14-6)9-4-3-8(5-10)12-13-9/h3-4H,5H2,1-2H3. The number of hydrogen-bond acceptors (Lipinski definition) is 4. The van der Waals surface area contributed by atoms with Crippen molar-refractivity contribution in [3.05, 3.63) is 29.5 Å². The van der Waals surface area contributed by atoms with Crippen molar-refractivity contribution < 1.29 is 0 Å². The van der Waals surface area contributed by atoms with Crippen molar-refractivity contribution in [3.8, 4) is 5.82 Å². The molecule has 0 unspecified atom stereocenters. The molecule has 0 saturated carbocycles. The van der Waals surface area contributed by atoms with E-state index in [-0.39, 0.29) is 0 Å². The summed E-state index contributed by atoms with van der Waals surface area (Å²) in [6, 6.07) is 3.65. The molecular weight excluding hydrogens is 214 g/mol. The third-order valence-electron chi connectivity index (χ3n) is 1.93. The molecule has 15 heavy (non-hydrogen) atoms. The average molecular weight is 224 g/mol. The molecule has 0 fully saturated rings. The molecular formula is C9H10ClN5. The lowest BCUT2D eigenvalue weighted by Crippen LogP contribution is -2.04. The lowest BCUT2D eigenvalue weighted by atomic mass is 10.4. The second-order valence-corrected chi connectivity index (χ2v) is 3.40. The summed E-state index contributed by atoms with van der Waals surface area (Å²) in [4.78, 5) is 4.19. The van der Waals surface area contributed by atoms with Crippen LogP contribution < -0.4 is 0 Å². The molecule has 0 radical (unpaired) electrons. The van der Waals surface area contributed by atoms with Gasteiger partial charge >= 0.3 is 0 Å². The van der Waals surface area contributed by atoms with Crippen LogP contribution in [0.4, 0.5) is 0 Å². The molecule has 0 atom stereocenters. The van der Waals surface area contributed by atoms with Crippen molar-refractivity contribution in [3.63, 3.8) is 0 Å². The van der Waals surface area contributed by atoms with Gasteiger partial charge < -0.3 is 0 Å². The molecule has 0 amide bonds. The third kappa shape index (κ3) is 1.97. The molecule has 5 nitrogen and oxygen atoms in total. The topological polar surface area (TPSA) is 56.5 Å². The van der Waals surface area contributed by atoms with E-state index < -0.39 is 0 Å². The molecule has 0 N–H and O–H groups in total. The number of hydrogen-bond donors (Lipinski definition) is 0. The molecule has 0 spiro atoms. The molecule has 78 valence electrons. The highest BCUT2D eigenvalue weighted by molar-refractivity contribution is 6.16. The van der Waals surface area contributed by atoms with Crippen LogP contribution in [0, 0.1) is 13.8 Å². The van der Waals surface area contributed by atoms with Crippen LogP contribution in [-0.2, 0) is 5.88 Å². The van der Waals surface area contributed by atoms with Gasteiger partial charge in [-0.05, 0) is 26.0 Å². The first-order valence-corrected chi connectivity index (χ1v) is 5.03. The summed E-state index contributed by atoms with van der Waals surface area (Å²) in [5.41, 5.74) is 0.745. The van der Waals surface area contributed by atoms with Gasteiger partial charge in [0.1, 0.15) is 11.6 Å². The third-order valence-corrected chi connectivity index (χ3v) is 2.21. The monoisotopic (exact) mass is 223 g/mol. The van der Waals surface area contributed by atoms with Crippen molar-refractivity contribution in [2.75, 3.05) is 0 Å². The fourth-order valence-corrected chi connectivity index (χ4v) is 1.42. The molecule has 0 aliphatic heterocycles. The van der Waals surface area contributed by atoms with Crippen LogP contribution in [-0.4, -0.2) is 25.0 Å². The first-order chi connectivity index (χ1) is 7.20. The fourth-order valence-electron chi connectivity index (χ4n) is 1.28. The fraction of sp³-hybridized carbons (Fsp3) is 0.333. The summed E-state index contributed by atoms with van der Waals surface area (Å²) in [6.07, 6.45) is 0. The van der Waals surface area contributed by atoms with Crippen molar-refractivity contribution in [1.82, 2.24) is 25.0 Å². The zero-order chi connectivity index (χ0) is 10.8. The van der Waals surface area contributed by atoms with Gasteiger partial charge in [0.05, 0.1) is 11.6 Å². The number of aryl methyl sites for hydroxylation is 2. The lowest BCUT2D eigenvalue weighted by Gasteiger charge is -2.00. The molecule has 2 heterocycles. The smallest absolute Gasteiger partial charge is 0.177 e. The highest BCUT2D eigenvalue weighted by Gasteiger charge is 2.06. The van der Waals surface area contributed by atoms with Gasteiger partial charge in [0.15, 0.2) is 5.82 Å². The summed E-state index contributed by atoms with van der Waals surface area (Å²) in [6.45, 7) is 3.71. The molecule has 0 aromatic carbocycles. The van der Waals surface area contributed by atoms with Gasteiger partial charge in [-0.25, -0.2) is 4.98 Å². The minimum atomic E-state index is 0.364. The second kappa shape index (κ2) is 3.94. The van der Waals surface area contributed by atoms with Gasteiger partial charge in [0.25, 0.3) is 0 Å². The van der Waals surface area contributed by atoms with Crippen LogP contribution in [0.15, 0.2) is 12.1 Å². The van der Waals surface area contributed by atoms with E-state index in [4.69, 9.17) is 11.6 Å². The number of alkyl halides is 1. The van der Waals surface area contributed by atoms with Gasteiger partial charge in [-0.2, -0.15) is 9.78 Å². The van der Waals surface area contributed by atoms with Crippen molar-refractivity contribution in [1.29, 1.82) is 0 Å². The van der Waals surface area contributed by atoms with E-state index in [2.05, 4.69) is 20.3 Å². The number of rotatable bonds is 2. The number of halogens is 1. The van der Waals surface area contributed by atoms with Gasteiger partial charge in [0.2, 0.25) is 0 Å². The maximum atomic E-state index is 5.62. The van der Waals surface area contributed by atoms with Crippen molar-refractivity contribution in [2.24, 2.45) is 0 Å². The zero-order valence-electron chi connectivity index (χ0n) is 8.48. The van der Waals surface area contributed by atoms with Gasteiger partial charge in [0, 0.05) is 0 Å². The molecule has 0 aliphatic rings. The predicted octanol–water partition coefficient (Wildman–Crippen LogP) is 1.41. The van der Waals surface area contributed by atoms with E-state index >= 15 is 0 Å². The van der Waals surface area contributed by atoms with Gasteiger partial charge in [-0.15, -0.1) is 21.8 Å². The Morgan fingerprint density at radius 2 is 2.07 bits per heavy atom. The normalized spacial score (nSPS) is 10.6. The Morgan fingerprint density at radius 3 is 2.53 bits per heavy atom. The molecule has 2 aromatic heterocycles. The van der Waals surface area contributed by atoms with E-state index in [9.17, 15) is 0 Å². The van der Waals surface area contributed by atoms with E-state index in [1.807, 2.05) is 26.0 Å². The van der Waals surface area contributed by atoms with E-state index in [0.29, 0.717) is 11.7 Å². The number of nitrogens with zero attached hydrogens (tertiary/aromatic N) is 5. The minimum absolute atomic E-state index is 0.364. The summed E-state index contributed by atoms with van der Waals surface area (Å²) in [5.74, 6) is 2.53. The Balaban J connectivity index is 2.41. The molecule has 0 saturated heterocycles. The molecule has 0 bridgehead atoms. The second-order valence-electron chi connectivity index (χ2n) is 3.13. The summed E-state index contributed by atoms with van der Waals surface area (Å²) in [5, 5.41) is 12.2. The van der Waals surface area contributed by atoms with Crippen LogP contribution >= 0.6 is 11.6 Å². The Hall–Kier alpha value is -1.49. The Bertz CT molecular complexity index is 462. The summed E-state index contributed by atoms with van der Waals surface area (Å²) >= 11 is 5.62. The van der Waals surface area contributed by atoms with Crippen LogP contribution in [0.2, 0.25) is 0 Å². The first-order valence-electron chi connectivity index (χ1n) is 4.50. The molecule has 6 heteroatoms. The maximum Gasteiger partial charge on any atom is 0.177 e. The van der Waals surface area contributed by atoms with Crippen LogP contribution in [0.25, 0.3) is 5.82 Å². The lowest BCUT2D eigenvalue weighted by molar-refractivity contribution is 0.772. The van der Waals surface area contributed by atoms with Gasteiger partial charge in [-0.1, -0.05) is 0 Å². The first kappa shape index (κ1) is 10.0. The minimum Gasteiger partial charge on any atom is -0.217 e. The van der Waals surface area contributed by atoms with E-state index in [1.165, 1.54) is 0 Å².